The Morgan fingerprint density at radius 2 is 1.41 bits per heavy atom. The Hall–Kier alpha value is -4.65. The molecule has 4 aromatic rings. The van der Waals surface area contributed by atoms with Crippen molar-refractivity contribution in [1.29, 1.82) is 0 Å². The van der Waals surface area contributed by atoms with Crippen LogP contribution in [0, 0.1) is 15.9 Å². The number of carboxylic acid groups (broad SMARTS) is 1. The first-order chi connectivity index (χ1) is 19.3. The summed E-state index contributed by atoms with van der Waals surface area (Å²) in [5.74, 6) is -2.23. The lowest BCUT2D eigenvalue weighted by Crippen LogP contribution is -2.35. The van der Waals surface area contributed by atoms with Gasteiger partial charge in [0.05, 0.1) is 16.1 Å². The number of nitro benzene ring substituents is 1. The number of rotatable bonds is 6. The molecule has 1 aliphatic carbocycles. The molecule has 0 bridgehead atoms. The second kappa shape index (κ2) is 10.1. The summed E-state index contributed by atoms with van der Waals surface area (Å²) in [4.78, 5) is 37.3. The van der Waals surface area contributed by atoms with Crippen LogP contribution in [-0.2, 0) is 10.8 Å². The number of ketones is 1. The van der Waals surface area contributed by atoms with Crippen molar-refractivity contribution >= 4 is 17.4 Å². The van der Waals surface area contributed by atoms with E-state index in [0.717, 1.165) is 18.4 Å². The van der Waals surface area contributed by atoms with Gasteiger partial charge in [0, 0.05) is 22.3 Å². The monoisotopic (exact) mass is 551 g/mol. The van der Waals surface area contributed by atoms with Crippen LogP contribution in [0.1, 0.15) is 77.9 Å². The maximum atomic E-state index is 15.3. The number of nitro groups is 1. The van der Waals surface area contributed by atoms with Gasteiger partial charge in [0.25, 0.3) is 5.69 Å². The van der Waals surface area contributed by atoms with Gasteiger partial charge in [0.1, 0.15) is 5.82 Å². The molecule has 0 heterocycles. The van der Waals surface area contributed by atoms with Crippen molar-refractivity contribution in [1.82, 2.24) is 0 Å². The van der Waals surface area contributed by atoms with E-state index in [9.17, 15) is 24.8 Å². The van der Waals surface area contributed by atoms with Gasteiger partial charge in [-0.15, -0.1) is 0 Å². The molecule has 1 N–H and O–H groups in total. The van der Waals surface area contributed by atoms with Crippen molar-refractivity contribution in [3.63, 3.8) is 0 Å². The molecule has 1 aliphatic rings. The van der Waals surface area contributed by atoms with Crippen LogP contribution in [0.2, 0.25) is 0 Å². The van der Waals surface area contributed by atoms with Gasteiger partial charge >= 0.3 is 5.97 Å². The van der Waals surface area contributed by atoms with Crippen molar-refractivity contribution in [3.05, 3.63) is 123 Å². The summed E-state index contributed by atoms with van der Waals surface area (Å²) in [6.45, 7) is 8.13. The van der Waals surface area contributed by atoms with Crippen LogP contribution >= 0.6 is 0 Å². The first-order valence-electron chi connectivity index (χ1n) is 13.4. The number of carbonyl (C=O) groups is 2. The minimum absolute atomic E-state index is 0.0631. The van der Waals surface area contributed by atoms with E-state index in [1.54, 1.807) is 54.6 Å². The quantitative estimate of drug-likeness (QED) is 0.148. The average Bonchev–Trinajstić information content (AvgIpc) is 2.94. The zero-order chi connectivity index (χ0) is 29.7. The molecule has 0 spiro atoms. The minimum Gasteiger partial charge on any atom is -0.478 e. The molecule has 0 radical (unpaired) electrons. The topological polar surface area (TPSA) is 97.5 Å². The number of aromatic carboxylic acids is 1. The minimum atomic E-state index is -1.20. The summed E-state index contributed by atoms with van der Waals surface area (Å²) in [6, 6.07) is 20.5. The fourth-order valence-electron chi connectivity index (χ4n) is 5.94. The lowest BCUT2D eigenvalue weighted by atomic mass is 9.61. The van der Waals surface area contributed by atoms with E-state index in [0.29, 0.717) is 16.7 Å². The molecular weight excluding hydrogens is 521 g/mol. The van der Waals surface area contributed by atoms with Gasteiger partial charge in [-0.2, -0.15) is 0 Å². The highest BCUT2D eigenvalue weighted by Crippen LogP contribution is 2.54. The van der Waals surface area contributed by atoms with Gasteiger partial charge in [-0.1, -0.05) is 88.4 Å². The first kappa shape index (κ1) is 27.9. The third kappa shape index (κ3) is 4.82. The molecule has 0 aromatic heterocycles. The Labute approximate surface area is 237 Å². The third-order valence-electron chi connectivity index (χ3n) is 8.27. The Morgan fingerprint density at radius 1 is 0.829 bits per heavy atom. The van der Waals surface area contributed by atoms with E-state index in [1.807, 2.05) is 19.9 Å². The number of benzene rings is 4. The van der Waals surface area contributed by atoms with E-state index in [4.69, 9.17) is 0 Å². The fourth-order valence-corrected chi connectivity index (χ4v) is 5.94. The zero-order valence-electron chi connectivity index (χ0n) is 23.3. The van der Waals surface area contributed by atoms with E-state index in [2.05, 4.69) is 13.8 Å². The molecule has 6 nitrogen and oxygen atoms in total. The molecular formula is C34H30FNO5. The van der Waals surface area contributed by atoms with Crippen molar-refractivity contribution in [2.75, 3.05) is 0 Å². The van der Waals surface area contributed by atoms with E-state index in [-0.39, 0.29) is 38.9 Å². The zero-order valence-corrected chi connectivity index (χ0v) is 23.3. The standard InChI is InChI=1S/C34H30FNO5/c1-33(2)17-18-34(3,4)29-26(33)19-25(28(30(29)36(40)41)24-11-7-8-12-27(24)35)20-13-15-21(16-14-20)31(37)22-9-5-6-10-23(22)32(38)39/h5-16,19H,17-18H2,1-4H3,(H,38,39). The van der Waals surface area contributed by atoms with Crippen LogP contribution in [0.3, 0.4) is 0 Å². The highest BCUT2D eigenvalue weighted by Gasteiger charge is 2.44. The molecule has 0 amide bonds. The highest BCUT2D eigenvalue weighted by atomic mass is 19.1. The number of fused-ring (bicyclic) bond motifs is 1. The third-order valence-corrected chi connectivity index (χ3v) is 8.27. The molecule has 0 aliphatic heterocycles. The Balaban J connectivity index is 1.77. The van der Waals surface area contributed by atoms with Crippen molar-refractivity contribution in [2.45, 2.75) is 51.4 Å². The molecule has 0 fully saturated rings. The Morgan fingerprint density at radius 3 is 2.02 bits per heavy atom. The van der Waals surface area contributed by atoms with Gasteiger partial charge < -0.3 is 5.11 Å². The lowest BCUT2D eigenvalue weighted by molar-refractivity contribution is -0.385. The molecule has 7 heteroatoms. The van der Waals surface area contributed by atoms with Gasteiger partial charge in [-0.25, -0.2) is 9.18 Å². The molecule has 5 rings (SSSR count). The Kier molecular flexibility index (Phi) is 6.85. The van der Waals surface area contributed by atoms with Gasteiger partial charge in [0.2, 0.25) is 0 Å². The molecule has 0 saturated carbocycles. The maximum Gasteiger partial charge on any atom is 0.336 e. The second-order valence-electron chi connectivity index (χ2n) is 11.8. The summed E-state index contributed by atoms with van der Waals surface area (Å²) in [5, 5.41) is 22.4. The molecule has 41 heavy (non-hydrogen) atoms. The summed E-state index contributed by atoms with van der Waals surface area (Å²) in [5.41, 5.74) is 2.16. The molecule has 0 saturated heterocycles. The van der Waals surface area contributed by atoms with Gasteiger partial charge in [0.15, 0.2) is 5.78 Å². The molecule has 0 atom stereocenters. The van der Waals surface area contributed by atoms with Crippen molar-refractivity contribution in [3.8, 4) is 22.3 Å². The second-order valence-corrected chi connectivity index (χ2v) is 11.8. The van der Waals surface area contributed by atoms with Crippen LogP contribution in [0.4, 0.5) is 10.1 Å². The van der Waals surface area contributed by atoms with Crippen LogP contribution < -0.4 is 0 Å². The molecule has 4 aromatic carbocycles. The normalized spacial score (nSPS) is 15.1. The lowest BCUT2D eigenvalue weighted by Gasteiger charge is -2.42. The summed E-state index contributed by atoms with van der Waals surface area (Å²) in [7, 11) is 0. The first-order valence-corrected chi connectivity index (χ1v) is 13.4. The number of carboxylic acids is 1. The molecule has 208 valence electrons. The predicted octanol–water partition coefficient (Wildman–Crippen LogP) is 8.35. The number of halogens is 1. The van der Waals surface area contributed by atoms with E-state index >= 15 is 4.39 Å². The van der Waals surface area contributed by atoms with E-state index < -0.39 is 27.9 Å². The highest BCUT2D eigenvalue weighted by molar-refractivity contribution is 6.14. The van der Waals surface area contributed by atoms with Crippen molar-refractivity contribution in [2.24, 2.45) is 0 Å². The van der Waals surface area contributed by atoms with Crippen LogP contribution in [0.25, 0.3) is 22.3 Å². The largest absolute Gasteiger partial charge is 0.478 e. The number of nitrogens with zero attached hydrogens (tertiary/aromatic N) is 1. The molecule has 0 unspecified atom stereocenters. The summed E-state index contributed by atoms with van der Waals surface area (Å²) in [6.07, 6.45) is 1.58. The van der Waals surface area contributed by atoms with Gasteiger partial charge in [-0.05, 0) is 58.6 Å². The van der Waals surface area contributed by atoms with Crippen molar-refractivity contribution < 1.29 is 24.0 Å². The predicted molar refractivity (Wildman–Crippen MR) is 156 cm³/mol. The number of hydrogen-bond donors (Lipinski definition) is 1. The summed E-state index contributed by atoms with van der Waals surface area (Å²) < 4.78 is 15.3. The summed E-state index contributed by atoms with van der Waals surface area (Å²) >= 11 is 0. The Bertz CT molecular complexity index is 1720. The van der Waals surface area contributed by atoms with Crippen LogP contribution in [0.15, 0.2) is 78.9 Å². The fraction of sp³-hybridized carbons (Fsp3) is 0.235. The van der Waals surface area contributed by atoms with Crippen LogP contribution in [-0.4, -0.2) is 21.8 Å². The number of carbonyl (C=O) groups excluding carboxylic acids is 1. The van der Waals surface area contributed by atoms with Crippen LogP contribution in [0.5, 0.6) is 0 Å². The maximum absolute atomic E-state index is 15.3. The SMILES string of the molecule is CC1(C)CCC(C)(C)c2c1cc(-c1ccc(C(=O)c3ccccc3C(=O)O)cc1)c(-c1ccccc1F)c2[N+](=O)[O-]. The number of hydrogen-bond acceptors (Lipinski definition) is 4. The van der Waals surface area contributed by atoms with E-state index in [1.165, 1.54) is 18.2 Å². The smallest absolute Gasteiger partial charge is 0.336 e. The van der Waals surface area contributed by atoms with Gasteiger partial charge in [-0.3, -0.25) is 14.9 Å². The average molecular weight is 552 g/mol.